The van der Waals surface area contributed by atoms with Crippen LogP contribution < -0.4 is 10.6 Å². The van der Waals surface area contributed by atoms with Gasteiger partial charge in [-0.25, -0.2) is 8.42 Å². The highest BCUT2D eigenvalue weighted by Gasteiger charge is 2.25. The van der Waals surface area contributed by atoms with E-state index in [9.17, 15) is 13.2 Å². The number of hydrogen-bond donors (Lipinski definition) is 2. The molecule has 1 saturated heterocycles. The predicted octanol–water partition coefficient (Wildman–Crippen LogP) is -0.696. The van der Waals surface area contributed by atoms with Crippen molar-refractivity contribution in [3.05, 3.63) is 0 Å². The van der Waals surface area contributed by atoms with Crippen molar-refractivity contribution >= 4 is 15.7 Å². The highest BCUT2D eigenvalue weighted by Crippen LogP contribution is 2.12. The van der Waals surface area contributed by atoms with E-state index in [0.29, 0.717) is 26.0 Å². The average Bonchev–Trinajstić information content (AvgIpc) is 2.32. The molecule has 0 saturated carbocycles. The van der Waals surface area contributed by atoms with Gasteiger partial charge in [0.25, 0.3) is 0 Å². The summed E-state index contributed by atoms with van der Waals surface area (Å²) in [7, 11) is -1.27. The molecule has 1 aliphatic heterocycles. The molecule has 18 heavy (non-hydrogen) atoms. The van der Waals surface area contributed by atoms with E-state index in [1.807, 2.05) is 0 Å². The zero-order chi connectivity index (χ0) is 13.6. The van der Waals surface area contributed by atoms with Gasteiger partial charge in [-0.2, -0.15) is 0 Å². The van der Waals surface area contributed by atoms with E-state index in [-0.39, 0.29) is 29.5 Å². The van der Waals surface area contributed by atoms with Crippen molar-refractivity contribution in [2.24, 2.45) is 0 Å². The third-order valence-corrected chi connectivity index (χ3v) is 4.75. The second-order valence-electron chi connectivity index (χ2n) is 4.60. The van der Waals surface area contributed by atoms with Gasteiger partial charge in [-0.1, -0.05) is 0 Å². The Kier molecular flexibility index (Phi) is 6.04. The lowest BCUT2D eigenvalue weighted by Gasteiger charge is -2.26. The number of rotatable bonds is 6. The van der Waals surface area contributed by atoms with Crippen LogP contribution in [0.1, 0.15) is 19.8 Å². The van der Waals surface area contributed by atoms with Crippen LogP contribution in [0.3, 0.4) is 0 Å². The van der Waals surface area contributed by atoms with Crippen LogP contribution in [0.4, 0.5) is 0 Å². The minimum absolute atomic E-state index is 0.0829. The Morgan fingerprint density at radius 1 is 1.39 bits per heavy atom. The Morgan fingerprint density at radius 2 is 2.00 bits per heavy atom. The molecule has 0 aromatic heterocycles. The third kappa shape index (κ3) is 5.32. The van der Waals surface area contributed by atoms with Gasteiger partial charge in [-0.3, -0.25) is 4.79 Å². The van der Waals surface area contributed by atoms with Gasteiger partial charge in [0.15, 0.2) is 0 Å². The average molecular weight is 278 g/mol. The quantitative estimate of drug-likeness (QED) is 0.628. The van der Waals surface area contributed by atoms with E-state index < -0.39 is 9.84 Å². The molecule has 6 nitrogen and oxygen atoms in total. The number of hydrogen-bond acceptors (Lipinski definition) is 5. The molecule has 0 spiro atoms. The van der Waals surface area contributed by atoms with E-state index in [2.05, 4.69) is 10.6 Å². The van der Waals surface area contributed by atoms with Gasteiger partial charge in [0.1, 0.15) is 9.84 Å². The maximum atomic E-state index is 11.7. The number of ether oxygens (including phenoxy) is 1. The molecule has 7 heteroatoms. The summed E-state index contributed by atoms with van der Waals surface area (Å²) in [6.07, 6.45) is 1.16. The van der Waals surface area contributed by atoms with E-state index in [1.165, 1.54) is 0 Å². The van der Waals surface area contributed by atoms with Crippen LogP contribution in [0.25, 0.3) is 0 Å². The first-order valence-electron chi connectivity index (χ1n) is 6.18. The Morgan fingerprint density at radius 3 is 2.56 bits per heavy atom. The first kappa shape index (κ1) is 15.4. The highest BCUT2D eigenvalue weighted by molar-refractivity contribution is 7.91. The van der Waals surface area contributed by atoms with Crippen LogP contribution in [0.15, 0.2) is 0 Å². The van der Waals surface area contributed by atoms with E-state index in [4.69, 9.17) is 4.74 Å². The molecule has 1 amide bonds. The van der Waals surface area contributed by atoms with E-state index >= 15 is 0 Å². The highest BCUT2D eigenvalue weighted by atomic mass is 32.2. The lowest BCUT2D eigenvalue weighted by atomic mass is 10.1. The smallest absolute Gasteiger partial charge is 0.236 e. The molecular formula is C11H22N2O4S. The van der Waals surface area contributed by atoms with Crippen LogP contribution >= 0.6 is 0 Å². The SMILES string of the molecule is COCCNC(=O)C(C)NC1CCS(=O)(=O)CC1. The van der Waals surface area contributed by atoms with Crippen molar-refractivity contribution in [3.8, 4) is 0 Å². The van der Waals surface area contributed by atoms with Crippen LogP contribution in [0.2, 0.25) is 0 Å². The van der Waals surface area contributed by atoms with Crippen LogP contribution in [0.5, 0.6) is 0 Å². The van der Waals surface area contributed by atoms with Gasteiger partial charge in [0.05, 0.1) is 24.2 Å². The minimum Gasteiger partial charge on any atom is -0.383 e. The van der Waals surface area contributed by atoms with Crippen molar-refractivity contribution in [1.29, 1.82) is 0 Å². The number of nitrogens with one attached hydrogen (secondary N) is 2. The fourth-order valence-corrected chi connectivity index (χ4v) is 3.41. The van der Waals surface area contributed by atoms with Gasteiger partial charge in [0, 0.05) is 19.7 Å². The molecule has 1 fully saturated rings. The maximum absolute atomic E-state index is 11.7. The van der Waals surface area contributed by atoms with Gasteiger partial charge in [0.2, 0.25) is 5.91 Å². The van der Waals surface area contributed by atoms with Crippen LogP contribution in [-0.2, 0) is 19.4 Å². The Hall–Kier alpha value is -0.660. The molecule has 0 aromatic rings. The van der Waals surface area contributed by atoms with Crippen molar-refractivity contribution in [3.63, 3.8) is 0 Å². The number of carbonyl (C=O) groups is 1. The zero-order valence-electron chi connectivity index (χ0n) is 10.9. The number of sulfone groups is 1. The Labute approximate surface area is 108 Å². The topological polar surface area (TPSA) is 84.5 Å². The second kappa shape index (κ2) is 7.06. The minimum atomic E-state index is -2.85. The van der Waals surface area contributed by atoms with Gasteiger partial charge < -0.3 is 15.4 Å². The summed E-state index contributed by atoms with van der Waals surface area (Å²) in [6.45, 7) is 2.76. The van der Waals surface area contributed by atoms with E-state index in [1.54, 1.807) is 14.0 Å². The molecule has 2 N–H and O–H groups in total. The third-order valence-electron chi connectivity index (χ3n) is 3.04. The van der Waals surface area contributed by atoms with Crippen molar-refractivity contribution in [2.45, 2.75) is 31.8 Å². The number of carbonyl (C=O) groups excluding carboxylic acids is 1. The fraction of sp³-hybridized carbons (Fsp3) is 0.909. The lowest BCUT2D eigenvalue weighted by Crippen LogP contribution is -2.49. The largest absolute Gasteiger partial charge is 0.383 e. The molecule has 1 unspecified atom stereocenters. The molecule has 1 rings (SSSR count). The molecule has 0 bridgehead atoms. The van der Waals surface area contributed by atoms with Crippen LogP contribution in [0, 0.1) is 0 Å². The molecule has 1 aliphatic rings. The van der Waals surface area contributed by atoms with Gasteiger partial charge >= 0.3 is 0 Å². The maximum Gasteiger partial charge on any atom is 0.236 e. The molecule has 1 heterocycles. The monoisotopic (exact) mass is 278 g/mol. The zero-order valence-corrected chi connectivity index (χ0v) is 11.8. The normalized spacial score (nSPS) is 21.4. The summed E-state index contributed by atoms with van der Waals surface area (Å²) in [5.41, 5.74) is 0. The van der Waals surface area contributed by atoms with E-state index in [0.717, 1.165) is 0 Å². The van der Waals surface area contributed by atoms with Crippen molar-refractivity contribution < 1.29 is 17.9 Å². The standard InChI is InChI=1S/C11H22N2O4S/c1-9(11(14)12-5-6-17-2)13-10-3-7-18(15,16)8-4-10/h9-10,13H,3-8H2,1-2H3,(H,12,14). The first-order valence-corrected chi connectivity index (χ1v) is 8.00. The molecule has 106 valence electrons. The summed E-state index contributed by atoms with van der Waals surface area (Å²) >= 11 is 0. The molecular weight excluding hydrogens is 256 g/mol. The molecule has 1 atom stereocenters. The lowest BCUT2D eigenvalue weighted by molar-refractivity contribution is -0.123. The van der Waals surface area contributed by atoms with Crippen molar-refractivity contribution in [2.75, 3.05) is 31.8 Å². The number of methoxy groups -OCH3 is 1. The second-order valence-corrected chi connectivity index (χ2v) is 6.90. The number of amides is 1. The Bertz CT molecular complexity index is 355. The predicted molar refractivity (Wildman–Crippen MR) is 69.2 cm³/mol. The molecule has 0 aromatic carbocycles. The Balaban J connectivity index is 2.27. The fourth-order valence-electron chi connectivity index (χ4n) is 1.92. The summed E-state index contributed by atoms with van der Waals surface area (Å²) in [6, 6.07) is -0.204. The first-order chi connectivity index (χ1) is 8.44. The molecule has 0 aliphatic carbocycles. The summed E-state index contributed by atoms with van der Waals surface area (Å²) in [5.74, 6) is 0.339. The van der Waals surface area contributed by atoms with Gasteiger partial charge in [-0.05, 0) is 19.8 Å². The van der Waals surface area contributed by atoms with Crippen LogP contribution in [-0.4, -0.2) is 58.2 Å². The summed E-state index contributed by atoms with van der Waals surface area (Å²) in [5, 5.41) is 5.91. The summed E-state index contributed by atoms with van der Waals surface area (Å²) < 4.78 is 27.4. The molecule has 0 radical (unpaired) electrons. The summed E-state index contributed by atoms with van der Waals surface area (Å²) in [4.78, 5) is 11.7. The van der Waals surface area contributed by atoms with Gasteiger partial charge in [-0.15, -0.1) is 0 Å². The van der Waals surface area contributed by atoms with Crippen molar-refractivity contribution in [1.82, 2.24) is 10.6 Å².